The second-order valence-electron chi connectivity index (χ2n) is 9.38. The molecule has 1 aromatic rings. The van der Waals surface area contributed by atoms with Crippen LogP contribution in [0.25, 0.3) is 0 Å². The van der Waals surface area contributed by atoms with Gasteiger partial charge in [-0.2, -0.15) is 0 Å². The van der Waals surface area contributed by atoms with Crippen LogP contribution in [0.5, 0.6) is 5.75 Å². The maximum atomic E-state index is 13.6. The summed E-state index contributed by atoms with van der Waals surface area (Å²) in [7, 11) is 0.381. The Morgan fingerprint density at radius 2 is 1.52 bits per heavy atom. The lowest BCUT2D eigenvalue weighted by Gasteiger charge is -2.30. The zero-order valence-corrected chi connectivity index (χ0v) is 18.4. The first kappa shape index (κ1) is 20.6. The third-order valence-electron chi connectivity index (χ3n) is 5.23. The van der Waals surface area contributed by atoms with Crippen LogP contribution in [-0.2, 0) is 31.1 Å². The van der Waals surface area contributed by atoms with E-state index in [0.29, 0.717) is 13.2 Å². The van der Waals surface area contributed by atoms with E-state index in [2.05, 4.69) is 41.5 Å². The van der Waals surface area contributed by atoms with Gasteiger partial charge in [0.2, 0.25) is 5.79 Å². The van der Waals surface area contributed by atoms with Crippen molar-refractivity contribution in [1.82, 2.24) is 0 Å². The van der Waals surface area contributed by atoms with Crippen molar-refractivity contribution in [3.8, 4) is 5.75 Å². The molecule has 0 amide bonds. The zero-order valence-electron chi connectivity index (χ0n) is 17.6. The molecule has 0 unspecified atom stereocenters. The molecule has 3 rings (SSSR count). The predicted molar refractivity (Wildman–Crippen MR) is 109 cm³/mol. The molecule has 2 aliphatic rings. The minimum absolute atomic E-state index is 0.131. The molecule has 1 aliphatic heterocycles. The molecular weight excluding hydrogens is 360 g/mol. The van der Waals surface area contributed by atoms with Crippen molar-refractivity contribution in [1.29, 1.82) is 0 Å². The Balaban J connectivity index is 2.14. The highest BCUT2D eigenvalue weighted by Gasteiger charge is 2.46. The van der Waals surface area contributed by atoms with E-state index in [1.165, 1.54) is 0 Å². The maximum Gasteiger partial charge on any atom is 0.203 e. The number of allylic oxidation sites excluding steroid dienone is 1. The van der Waals surface area contributed by atoms with Crippen LogP contribution in [0.1, 0.15) is 65.5 Å². The van der Waals surface area contributed by atoms with E-state index < -0.39 is 16.6 Å². The molecule has 5 heteroatoms. The van der Waals surface area contributed by atoms with E-state index in [4.69, 9.17) is 14.2 Å². The Labute approximate surface area is 165 Å². The smallest absolute Gasteiger partial charge is 0.203 e. The fourth-order valence-corrected chi connectivity index (χ4v) is 5.28. The monoisotopic (exact) mass is 392 g/mol. The summed E-state index contributed by atoms with van der Waals surface area (Å²) < 4.78 is 31.2. The van der Waals surface area contributed by atoms with Crippen molar-refractivity contribution in [2.75, 3.05) is 20.3 Å². The molecular formula is C22H32O4S. The van der Waals surface area contributed by atoms with Gasteiger partial charge in [-0.15, -0.1) is 0 Å². The van der Waals surface area contributed by atoms with E-state index in [1.54, 1.807) is 7.11 Å². The van der Waals surface area contributed by atoms with Gasteiger partial charge < -0.3 is 14.2 Å². The summed E-state index contributed by atoms with van der Waals surface area (Å²) in [5.41, 5.74) is 1.88. The first-order valence-electron chi connectivity index (χ1n) is 9.63. The fourth-order valence-electron chi connectivity index (χ4n) is 3.80. The highest BCUT2D eigenvalue weighted by molar-refractivity contribution is 7.89. The summed E-state index contributed by atoms with van der Waals surface area (Å²) in [6.45, 7) is 14.0. The maximum absolute atomic E-state index is 13.6. The van der Waals surface area contributed by atoms with Crippen LogP contribution in [-0.4, -0.2) is 30.3 Å². The number of ether oxygens (including phenoxy) is 3. The molecule has 1 saturated heterocycles. The molecule has 1 atom stereocenters. The van der Waals surface area contributed by atoms with Crippen LogP contribution in [0.3, 0.4) is 0 Å². The van der Waals surface area contributed by atoms with Crippen molar-refractivity contribution < 1.29 is 18.4 Å². The predicted octanol–water partition coefficient (Wildman–Crippen LogP) is 4.82. The Hall–Kier alpha value is -1.17. The minimum Gasteiger partial charge on any atom is -0.496 e. The number of rotatable bonds is 3. The lowest BCUT2D eigenvalue weighted by atomic mass is 9.79. The van der Waals surface area contributed by atoms with Crippen LogP contribution in [0.4, 0.5) is 0 Å². The molecule has 0 aromatic heterocycles. The first-order valence-corrected chi connectivity index (χ1v) is 10.8. The van der Waals surface area contributed by atoms with E-state index in [1.807, 2.05) is 18.2 Å². The third kappa shape index (κ3) is 3.74. The lowest BCUT2D eigenvalue weighted by Crippen LogP contribution is -2.31. The highest BCUT2D eigenvalue weighted by Crippen LogP contribution is 2.45. The van der Waals surface area contributed by atoms with Crippen molar-refractivity contribution in [3.05, 3.63) is 34.2 Å². The van der Waals surface area contributed by atoms with Crippen molar-refractivity contribution >= 4 is 10.8 Å². The largest absolute Gasteiger partial charge is 0.496 e. The lowest BCUT2D eigenvalue weighted by molar-refractivity contribution is -0.118. The summed E-state index contributed by atoms with van der Waals surface area (Å²) in [4.78, 5) is 1.54. The second-order valence-corrected chi connectivity index (χ2v) is 10.8. The summed E-state index contributed by atoms with van der Waals surface area (Å²) in [5.74, 6) is 0.0911. The topological polar surface area (TPSA) is 44.8 Å². The molecule has 0 radical (unpaired) electrons. The average molecular weight is 393 g/mol. The molecule has 0 N–H and O–H groups in total. The van der Waals surface area contributed by atoms with Gasteiger partial charge in [0.1, 0.15) is 5.75 Å². The van der Waals surface area contributed by atoms with Crippen LogP contribution >= 0.6 is 0 Å². The van der Waals surface area contributed by atoms with Crippen molar-refractivity contribution in [3.63, 3.8) is 0 Å². The van der Waals surface area contributed by atoms with E-state index in [-0.39, 0.29) is 10.8 Å². The van der Waals surface area contributed by atoms with Crippen LogP contribution < -0.4 is 4.74 Å². The quantitative estimate of drug-likeness (QED) is 0.740. The molecule has 0 saturated carbocycles. The van der Waals surface area contributed by atoms with Gasteiger partial charge in [-0.3, -0.25) is 0 Å². The van der Waals surface area contributed by atoms with E-state index in [0.717, 1.165) is 39.5 Å². The van der Waals surface area contributed by atoms with Gasteiger partial charge in [-0.25, -0.2) is 4.21 Å². The Kier molecular flexibility index (Phi) is 5.34. The number of benzene rings is 1. The SMILES string of the molecule is COc1c(C(C)(C)C)cc([S@@](=O)C2=CCCC23OCCO3)cc1C(C)(C)C. The van der Waals surface area contributed by atoms with Crippen molar-refractivity contribution in [2.24, 2.45) is 0 Å². The Morgan fingerprint density at radius 1 is 1.00 bits per heavy atom. The minimum atomic E-state index is -1.33. The first-order chi connectivity index (χ1) is 12.5. The Morgan fingerprint density at radius 3 is 1.96 bits per heavy atom. The molecule has 1 heterocycles. The highest BCUT2D eigenvalue weighted by atomic mass is 32.2. The molecule has 1 aromatic carbocycles. The molecule has 150 valence electrons. The molecule has 1 fully saturated rings. The van der Waals surface area contributed by atoms with Gasteiger partial charge >= 0.3 is 0 Å². The van der Waals surface area contributed by atoms with Crippen molar-refractivity contribution in [2.45, 2.75) is 75.9 Å². The van der Waals surface area contributed by atoms with Crippen LogP contribution in [0.15, 0.2) is 28.0 Å². The van der Waals surface area contributed by atoms with Gasteiger partial charge in [0.25, 0.3) is 0 Å². The van der Waals surface area contributed by atoms with Crippen LogP contribution in [0, 0.1) is 0 Å². The number of hydrogen-bond donors (Lipinski definition) is 0. The standard InChI is InChI=1S/C22H32O4S/c1-20(2,3)16-13-15(14-17(19(16)24-7)21(4,5)6)27(23)18-9-8-10-22(18)25-11-12-26-22/h9,13-14H,8,10-12H2,1-7H3/t27-/m1/s1. The zero-order chi connectivity index (χ0) is 20.0. The number of methoxy groups -OCH3 is 1. The summed E-state index contributed by atoms with van der Waals surface area (Å²) in [6.07, 6.45) is 3.59. The van der Waals surface area contributed by atoms with Gasteiger partial charge in [-0.05, 0) is 29.4 Å². The molecule has 1 spiro atoms. The van der Waals surface area contributed by atoms with E-state index in [9.17, 15) is 4.21 Å². The van der Waals surface area contributed by atoms with Gasteiger partial charge in [0.05, 0.1) is 36.0 Å². The molecule has 4 nitrogen and oxygen atoms in total. The third-order valence-corrected chi connectivity index (χ3v) is 6.77. The number of hydrogen-bond acceptors (Lipinski definition) is 4. The van der Waals surface area contributed by atoms with Crippen LogP contribution in [0.2, 0.25) is 0 Å². The van der Waals surface area contributed by atoms with Gasteiger partial charge in [0.15, 0.2) is 0 Å². The fraction of sp³-hybridized carbons (Fsp3) is 0.636. The summed E-state index contributed by atoms with van der Waals surface area (Å²) in [5, 5.41) is 0. The van der Waals surface area contributed by atoms with E-state index >= 15 is 0 Å². The van der Waals surface area contributed by atoms with Gasteiger partial charge in [-0.1, -0.05) is 47.6 Å². The summed E-state index contributed by atoms with van der Waals surface area (Å²) in [6, 6.07) is 4.07. The molecule has 1 aliphatic carbocycles. The molecule has 27 heavy (non-hydrogen) atoms. The normalized spacial score (nSPS) is 20.8. The van der Waals surface area contributed by atoms with Gasteiger partial charge in [0, 0.05) is 22.4 Å². The average Bonchev–Trinajstić information content (AvgIpc) is 3.21. The Bertz CT molecular complexity index is 739. The second kappa shape index (κ2) is 7.02. The molecule has 0 bridgehead atoms. The summed E-state index contributed by atoms with van der Waals surface area (Å²) >= 11 is 0.